The Labute approximate surface area is 171 Å². The number of hydrogen-bond acceptors (Lipinski definition) is 8. The van der Waals surface area contributed by atoms with Gasteiger partial charge in [0.25, 0.3) is 5.22 Å². The van der Waals surface area contributed by atoms with Crippen molar-refractivity contribution < 1.29 is 18.7 Å². The van der Waals surface area contributed by atoms with E-state index in [1.54, 1.807) is 63.6 Å². The van der Waals surface area contributed by atoms with Crippen LogP contribution in [0.3, 0.4) is 0 Å². The summed E-state index contributed by atoms with van der Waals surface area (Å²) in [5, 5.41) is 19.5. The predicted molar refractivity (Wildman–Crippen MR) is 108 cm³/mol. The topological polar surface area (TPSA) is 110 Å². The first kappa shape index (κ1) is 20.2. The van der Waals surface area contributed by atoms with E-state index in [1.807, 2.05) is 6.07 Å². The van der Waals surface area contributed by atoms with Gasteiger partial charge in [0.2, 0.25) is 11.8 Å². The van der Waals surface area contributed by atoms with E-state index < -0.39 is 5.25 Å². The van der Waals surface area contributed by atoms with Gasteiger partial charge in [-0.25, -0.2) is 0 Å². The minimum Gasteiger partial charge on any atom is -0.493 e. The van der Waals surface area contributed by atoms with E-state index in [9.17, 15) is 4.79 Å². The number of thioether (sulfide) groups is 1. The number of ether oxygens (including phenoxy) is 2. The third kappa shape index (κ3) is 4.86. The maximum atomic E-state index is 12.4. The van der Waals surface area contributed by atoms with E-state index in [4.69, 9.17) is 19.2 Å². The van der Waals surface area contributed by atoms with Crippen LogP contribution in [0.15, 0.2) is 52.1 Å². The van der Waals surface area contributed by atoms with Crippen LogP contribution in [-0.4, -0.2) is 35.6 Å². The Hall–Kier alpha value is -3.51. The van der Waals surface area contributed by atoms with E-state index in [2.05, 4.69) is 15.5 Å². The number of benzene rings is 2. The smallest absolute Gasteiger partial charge is 0.277 e. The van der Waals surface area contributed by atoms with Crippen molar-refractivity contribution in [2.75, 3.05) is 19.5 Å². The molecule has 3 aromatic rings. The summed E-state index contributed by atoms with van der Waals surface area (Å²) in [5.74, 6) is 1.21. The van der Waals surface area contributed by atoms with Crippen molar-refractivity contribution >= 4 is 23.4 Å². The average molecular weight is 410 g/mol. The maximum Gasteiger partial charge on any atom is 0.277 e. The number of nitriles is 1. The van der Waals surface area contributed by atoms with Crippen LogP contribution in [0, 0.1) is 11.3 Å². The number of rotatable bonds is 7. The van der Waals surface area contributed by atoms with Gasteiger partial charge in [0.1, 0.15) is 0 Å². The lowest BCUT2D eigenvalue weighted by Crippen LogP contribution is -2.22. The fraction of sp³-hybridized carbons (Fsp3) is 0.200. The standard InChI is InChI=1S/C20H18N4O4S/c1-12(18(25)22-15-6-4-5-13(9-15)11-21)29-20-24-23-19(28-20)14-7-8-16(26-2)17(10-14)27-3/h4-10,12H,1-3H3,(H,22,25)/t12-/m0/s1. The van der Waals surface area contributed by atoms with Crippen molar-refractivity contribution in [3.63, 3.8) is 0 Å². The molecule has 29 heavy (non-hydrogen) atoms. The number of nitrogens with one attached hydrogen (secondary N) is 1. The molecular weight excluding hydrogens is 392 g/mol. The summed E-state index contributed by atoms with van der Waals surface area (Å²) in [4.78, 5) is 12.4. The summed E-state index contributed by atoms with van der Waals surface area (Å²) in [6, 6.07) is 14.0. The number of methoxy groups -OCH3 is 2. The molecule has 1 atom stereocenters. The minimum absolute atomic E-state index is 0.240. The van der Waals surface area contributed by atoms with Gasteiger partial charge in [0.05, 0.1) is 31.1 Å². The average Bonchev–Trinajstić information content (AvgIpc) is 3.21. The first-order valence-corrected chi connectivity index (χ1v) is 9.45. The maximum absolute atomic E-state index is 12.4. The molecule has 0 saturated heterocycles. The Morgan fingerprint density at radius 2 is 1.97 bits per heavy atom. The number of nitrogens with zero attached hydrogens (tertiary/aromatic N) is 3. The highest BCUT2D eigenvalue weighted by atomic mass is 32.2. The molecule has 1 N–H and O–H groups in total. The fourth-order valence-electron chi connectivity index (χ4n) is 2.46. The molecular formula is C20H18N4O4S. The van der Waals surface area contributed by atoms with E-state index in [0.29, 0.717) is 34.2 Å². The van der Waals surface area contributed by atoms with Gasteiger partial charge in [-0.1, -0.05) is 17.8 Å². The lowest BCUT2D eigenvalue weighted by Gasteiger charge is -2.10. The van der Waals surface area contributed by atoms with Crippen LogP contribution in [0.4, 0.5) is 5.69 Å². The molecule has 148 valence electrons. The molecule has 3 rings (SSSR count). The molecule has 1 heterocycles. The molecule has 2 aromatic carbocycles. The molecule has 0 aliphatic heterocycles. The second kappa shape index (κ2) is 9.12. The highest BCUT2D eigenvalue weighted by Crippen LogP contribution is 2.33. The van der Waals surface area contributed by atoms with Crippen LogP contribution >= 0.6 is 11.8 Å². The number of aromatic nitrogens is 2. The highest BCUT2D eigenvalue weighted by molar-refractivity contribution is 8.00. The molecule has 0 spiro atoms. The number of anilines is 1. The van der Waals surface area contributed by atoms with Gasteiger partial charge >= 0.3 is 0 Å². The molecule has 0 bridgehead atoms. The number of carbonyl (C=O) groups is 1. The first-order chi connectivity index (χ1) is 14.0. The van der Waals surface area contributed by atoms with Crippen LogP contribution in [0.2, 0.25) is 0 Å². The summed E-state index contributed by atoms with van der Waals surface area (Å²) in [7, 11) is 3.10. The fourth-order valence-corrected chi connectivity index (χ4v) is 3.14. The van der Waals surface area contributed by atoms with Gasteiger partial charge in [0.15, 0.2) is 11.5 Å². The summed E-state index contributed by atoms with van der Waals surface area (Å²) in [6.07, 6.45) is 0. The third-order valence-electron chi connectivity index (χ3n) is 3.94. The molecule has 8 nitrogen and oxygen atoms in total. The first-order valence-electron chi connectivity index (χ1n) is 8.57. The molecule has 1 amide bonds. The summed E-state index contributed by atoms with van der Waals surface area (Å²) in [6.45, 7) is 1.73. The number of carbonyl (C=O) groups excluding carboxylic acids is 1. The molecule has 0 aliphatic carbocycles. The van der Waals surface area contributed by atoms with Crippen LogP contribution in [0.25, 0.3) is 11.5 Å². The third-order valence-corrected chi connectivity index (χ3v) is 4.88. The SMILES string of the molecule is COc1ccc(-c2nnc(S[C@@H](C)C(=O)Nc3cccc(C#N)c3)o2)cc1OC. The van der Waals surface area contributed by atoms with Crippen LogP contribution < -0.4 is 14.8 Å². The van der Waals surface area contributed by atoms with Gasteiger partial charge < -0.3 is 19.2 Å². The lowest BCUT2D eigenvalue weighted by atomic mass is 10.2. The van der Waals surface area contributed by atoms with E-state index in [0.717, 1.165) is 11.8 Å². The van der Waals surface area contributed by atoms with Gasteiger partial charge in [-0.15, -0.1) is 10.2 Å². The second-order valence-electron chi connectivity index (χ2n) is 5.88. The molecule has 0 saturated carbocycles. The second-order valence-corrected chi connectivity index (χ2v) is 7.18. The summed E-state index contributed by atoms with van der Waals surface area (Å²) in [5.41, 5.74) is 1.70. The Morgan fingerprint density at radius 3 is 2.69 bits per heavy atom. The van der Waals surface area contributed by atoms with E-state index in [-0.39, 0.29) is 11.1 Å². The van der Waals surface area contributed by atoms with Gasteiger partial charge in [-0.3, -0.25) is 4.79 Å². The quantitative estimate of drug-likeness (QED) is 0.587. The molecule has 9 heteroatoms. The molecule has 0 radical (unpaired) electrons. The van der Waals surface area contributed by atoms with Crippen LogP contribution in [0.1, 0.15) is 12.5 Å². The Bertz CT molecular complexity index is 1060. The Morgan fingerprint density at radius 1 is 1.17 bits per heavy atom. The molecule has 1 aromatic heterocycles. The van der Waals surface area contributed by atoms with E-state index in [1.165, 1.54) is 0 Å². The predicted octanol–water partition coefficient (Wildman–Crippen LogP) is 3.74. The number of hydrogen-bond donors (Lipinski definition) is 1. The number of amides is 1. The highest BCUT2D eigenvalue weighted by Gasteiger charge is 2.19. The Kier molecular flexibility index (Phi) is 6.36. The Balaban J connectivity index is 1.67. The van der Waals surface area contributed by atoms with Crippen LogP contribution in [-0.2, 0) is 4.79 Å². The molecule has 0 aliphatic rings. The zero-order valence-corrected chi connectivity index (χ0v) is 16.8. The largest absolute Gasteiger partial charge is 0.493 e. The van der Waals surface area contributed by atoms with Crippen molar-refractivity contribution in [2.24, 2.45) is 0 Å². The monoisotopic (exact) mass is 410 g/mol. The van der Waals surface area contributed by atoms with E-state index >= 15 is 0 Å². The summed E-state index contributed by atoms with van der Waals surface area (Å²) >= 11 is 1.14. The van der Waals surface area contributed by atoms with Crippen molar-refractivity contribution in [3.05, 3.63) is 48.0 Å². The molecule has 0 fully saturated rings. The van der Waals surface area contributed by atoms with Gasteiger partial charge in [0, 0.05) is 11.3 Å². The van der Waals surface area contributed by atoms with Crippen molar-refractivity contribution in [2.45, 2.75) is 17.4 Å². The van der Waals surface area contributed by atoms with Gasteiger partial charge in [-0.05, 0) is 43.3 Å². The van der Waals surface area contributed by atoms with Crippen molar-refractivity contribution in [3.8, 4) is 29.0 Å². The lowest BCUT2D eigenvalue weighted by molar-refractivity contribution is -0.115. The zero-order valence-electron chi connectivity index (χ0n) is 16.0. The summed E-state index contributed by atoms with van der Waals surface area (Å²) < 4.78 is 16.2. The van der Waals surface area contributed by atoms with Crippen LogP contribution in [0.5, 0.6) is 11.5 Å². The van der Waals surface area contributed by atoms with Gasteiger partial charge in [-0.2, -0.15) is 5.26 Å². The minimum atomic E-state index is -0.487. The normalized spacial score (nSPS) is 11.4. The van der Waals surface area contributed by atoms with Crippen molar-refractivity contribution in [1.29, 1.82) is 5.26 Å². The van der Waals surface area contributed by atoms with Crippen molar-refractivity contribution in [1.82, 2.24) is 10.2 Å². The molecule has 0 unspecified atom stereocenters. The zero-order chi connectivity index (χ0) is 20.8.